The largest absolute Gasteiger partial charge is 0.433 e. The Morgan fingerprint density at radius 3 is 2.58 bits per heavy atom. The summed E-state index contributed by atoms with van der Waals surface area (Å²) in [6.07, 6.45) is -2.01. The number of alkyl halides is 3. The number of aryl methyl sites for hydroxylation is 1. The van der Waals surface area contributed by atoms with E-state index in [0.717, 1.165) is 17.8 Å². The molecule has 3 aromatic rings. The minimum Gasteiger partial charge on any atom is -0.324 e. The Labute approximate surface area is 150 Å². The van der Waals surface area contributed by atoms with Crippen LogP contribution in [-0.2, 0) is 6.18 Å². The maximum absolute atomic E-state index is 12.7. The number of thiazole rings is 1. The van der Waals surface area contributed by atoms with Crippen molar-refractivity contribution >= 4 is 34.6 Å². The van der Waals surface area contributed by atoms with Gasteiger partial charge in [0, 0.05) is 29.1 Å². The molecule has 26 heavy (non-hydrogen) atoms. The van der Waals surface area contributed by atoms with E-state index in [2.05, 4.69) is 25.6 Å². The van der Waals surface area contributed by atoms with Crippen LogP contribution < -0.4 is 10.6 Å². The molecule has 2 N–H and O–H groups in total. The summed E-state index contributed by atoms with van der Waals surface area (Å²) in [5, 5.41) is 7.41. The third-order valence-electron chi connectivity index (χ3n) is 3.16. The second-order valence-electron chi connectivity index (χ2n) is 5.27. The van der Waals surface area contributed by atoms with Gasteiger partial charge in [0.15, 0.2) is 5.01 Å². The molecule has 0 aliphatic heterocycles. The average Bonchev–Trinajstić information content (AvgIpc) is 3.08. The number of anilines is 3. The Morgan fingerprint density at radius 1 is 1.12 bits per heavy atom. The summed E-state index contributed by atoms with van der Waals surface area (Å²) in [6.45, 7) is 1.79. The van der Waals surface area contributed by atoms with Gasteiger partial charge < -0.3 is 10.6 Å². The number of benzene rings is 1. The number of carbonyl (C=O) groups excluding carboxylic acids is 1. The van der Waals surface area contributed by atoms with Crippen LogP contribution in [0.3, 0.4) is 0 Å². The molecule has 0 saturated carbocycles. The van der Waals surface area contributed by atoms with Crippen molar-refractivity contribution in [3.8, 4) is 0 Å². The average molecular weight is 379 g/mol. The molecule has 0 bridgehead atoms. The van der Waals surface area contributed by atoms with E-state index >= 15 is 0 Å². The maximum atomic E-state index is 12.7. The molecule has 6 nitrogen and oxygen atoms in total. The van der Waals surface area contributed by atoms with E-state index in [1.54, 1.807) is 30.5 Å². The number of amides is 1. The van der Waals surface area contributed by atoms with E-state index in [-0.39, 0.29) is 11.9 Å². The van der Waals surface area contributed by atoms with Crippen molar-refractivity contribution < 1.29 is 18.0 Å². The lowest BCUT2D eigenvalue weighted by molar-refractivity contribution is -0.141. The van der Waals surface area contributed by atoms with Crippen LogP contribution in [0.15, 0.2) is 42.0 Å². The zero-order chi connectivity index (χ0) is 18.7. The lowest BCUT2D eigenvalue weighted by atomic mass is 10.2. The number of nitrogens with zero attached hydrogens (tertiary/aromatic N) is 3. The van der Waals surface area contributed by atoms with Crippen molar-refractivity contribution in [2.24, 2.45) is 0 Å². The summed E-state index contributed by atoms with van der Waals surface area (Å²) in [7, 11) is 0. The number of hydrogen-bond acceptors (Lipinski definition) is 6. The van der Waals surface area contributed by atoms with E-state index in [1.807, 2.05) is 0 Å². The molecule has 1 amide bonds. The summed E-state index contributed by atoms with van der Waals surface area (Å²) < 4.78 is 38.2. The molecule has 2 aromatic heterocycles. The normalized spacial score (nSPS) is 11.2. The quantitative estimate of drug-likeness (QED) is 0.708. The Balaban J connectivity index is 1.81. The fourth-order valence-electron chi connectivity index (χ4n) is 2.15. The molecule has 0 aliphatic rings. The highest BCUT2D eigenvalue weighted by Gasteiger charge is 2.32. The van der Waals surface area contributed by atoms with Crippen molar-refractivity contribution in [2.75, 3.05) is 10.6 Å². The third-order valence-corrected chi connectivity index (χ3v) is 3.94. The van der Waals surface area contributed by atoms with Gasteiger partial charge in [0.25, 0.3) is 5.91 Å². The highest BCUT2D eigenvalue weighted by atomic mass is 32.1. The monoisotopic (exact) mass is 379 g/mol. The minimum absolute atomic E-state index is 0.192. The predicted octanol–water partition coefficient (Wildman–Crippen LogP) is 4.26. The first-order valence-electron chi connectivity index (χ1n) is 7.31. The van der Waals surface area contributed by atoms with Crippen LogP contribution >= 0.6 is 11.3 Å². The Kier molecular flexibility index (Phi) is 4.85. The summed E-state index contributed by atoms with van der Waals surface area (Å²) >= 11 is 1.20. The first-order chi connectivity index (χ1) is 12.3. The Bertz CT molecular complexity index is 928. The summed E-state index contributed by atoms with van der Waals surface area (Å²) in [6, 6.07) is 5.79. The lowest BCUT2D eigenvalue weighted by Gasteiger charge is -2.11. The molecule has 0 saturated heterocycles. The fourth-order valence-corrected chi connectivity index (χ4v) is 2.68. The highest BCUT2D eigenvalue weighted by Crippen LogP contribution is 2.28. The first-order valence-corrected chi connectivity index (χ1v) is 8.19. The molecule has 10 heteroatoms. The number of nitrogens with one attached hydrogen (secondary N) is 2. The van der Waals surface area contributed by atoms with Gasteiger partial charge in [0.05, 0.1) is 0 Å². The summed E-state index contributed by atoms with van der Waals surface area (Å²) in [5.74, 6) is -0.561. The van der Waals surface area contributed by atoms with Crippen LogP contribution in [0.2, 0.25) is 0 Å². The lowest BCUT2D eigenvalue weighted by Crippen LogP contribution is -2.12. The molecular formula is C16H12F3N5OS. The number of rotatable bonds is 4. The number of carbonyl (C=O) groups is 1. The van der Waals surface area contributed by atoms with Crippen LogP contribution in [0.5, 0.6) is 0 Å². The van der Waals surface area contributed by atoms with Gasteiger partial charge in [-0.15, -0.1) is 11.3 Å². The van der Waals surface area contributed by atoms with Gasteiger partial charge in [0.1, 0.15) is 5.69 Å². The van der Waals surface area contributed by atoms with Gasteiger partial charge in [-0.05, 0) is 36.8 Å². The van der Waals surface area contributed by atoms with Crippen molar-refractivity contribution in [2.45, 2.75) is 13.1 Å². The number of hydrogen-bond donors (Lipinski definition) is 2. The Morgan fingerprint density at radius 2 is 1.88 bits per heavy atom. The fraction of sp³-hybridized carbons (Fsp3) is 0.125. The summed E-state index contributed by atoms with van der Waals surface area (Å²) in [4.78, 5) is 23.2. The van der Waals surface area contributed by atoms with Gasteiger partial charge in [0.2, 0.25) is 5.95 Å². The van der Waals surface area contributed by atoms with Crippen LogP contribution in [0.4, 0.5) is 30.5 Å². The van der Waals surface area contributed by atoms with E-state index < -0.39 is 11.9 Å². The topological polar surface area (TPSA) is 79.8 Å². The molecular weight excluding hydrogens is 367 g/mol. The SMILES string of the molecule is Cc1cc(NC(=O)c2nccs2)cc(Nc2nccc(C(F)(F)F)n2)c1. The van der Waals surface area contributed by atoms with Crippen LogP contribution in [-0.4, -0.2) is 20.9 Å². The van der Waals surface area contributed by atoms with Gasteiger partial charge in [-0.3, -0.25) is 4.79 Å². The molecule has 0 unspecified atom stereocenters. The van der Waals surface area contributed by atoms with Gasteiger partial charge in [-0.1, -0.05) is 0 Å². The molecule has 0 aliphatic carbocycles. The molecule has 3 rings (SSSR count). The van der Waals surface area contributed by atoms with E-state index in [0.29, 0.717) is 16.4 Å². The van der Waals surface area contributed by atoms with Crippen LogP contribution in [0.25, 0.3) is 0 Å². The number of aromatic nitrogens is 3. The van der Waals surface area contributed by atoms with Gasteiger partial charge in [-0.2, -0.15) is 13.2 Å². The third kappa shape index (κ3) is 4.33. The van der Waals surface area contributed by atoms with E-state index in [1.165, 1.54) is 17.5 Å². The molecule has 0 atom stereocenters. The minimum atomic E-state index is -4.56. The molecule has 134 valence electrons. The summed E-state index contributed by atoms with van der Waals surface area (Å²) in [5.41, 5.74) is 0.662. The highest BCUT2D eigenvalue weighted by molar-refractivity contribution is 7.11. The van der Waals surface area contributed by atoms with Crippen molar-refractivity contribution in [3.05, 3.63) is 58.3 Å². The number of halogens is 3. The van der Waals surface area contributed by atoms with Gasteiger partial charge in [-0.25, -0.2) is 15.0 Å². The second kappa shape index (κ2) is 7.08. The Hall–Kier alpha value is -3.01. The maximum Gasteiger partial charge on any atom is 0.433 e. The predicted molar refractivity (Wildman–Crippen MR) is 91.6 cm³/mol. The van der Waals surface area contributed by atoms with Crippen LogP contribution in [0, 0.1) is 6.92 Å². The second-order valence-corrected chi connectivity index (χ2v) is 6.16. The van der Waals surface area contributed by atoms with Gasteiger partial charge >= 0.3 is 6.18 Å². The molecule has 0 fully saturated rings. The zero-order valence-corrected chi connectivity index (χ0v) is 14.1. The standard InChI is InChI=1S/C16H12F3N5OS/c1-9-6-10(22-13(25)14-20-4-5-26-14)8-11(7-9)23-15-21-3-2-12(24-15)16(17,18)19/h2-8H,1H3,(H,22,25)(H,21,23,24). The molecule has 1 aromatic carbocycles. The van der Waals surface area contributed by atoms with E-state index in [4.69, 9.17) is 0 Å². The van der Waals surface area contributed by atoms with Crippen molar-refractivity contribution in [3.63, 3.8) is 0 Å². The molecule has 0 spiro atoms. The van der Waals surface area contributed by atoms with Crippen molar-refractivity contribution in [1.29, 1.82) is 0 Å². The van der Waals surface area contributed by atoms with Crippen LogP contribution in [0.1, 0.15) is 21.1 Å². The molecule has 0 radical (unpaired) electrons. The first kappa shape index (κ1) is 17.8. The van der Waals surface area contributed by atoms with E-state index in [9.17, 15) is 18.0 Å². The molecule has 2 heterocycles. The van der Waals surface area contributed by atoms with Crippen molar-refractivity contribution in [1.82, 2.24) is 15.0 Å². The smallest absolute Gasteiger partial charge is 0.324 e. The zero-order valence-electron chi connectivity index (χ0n) is 13.3.